The summed E-state index contributed by atoms with van der Waals surface area (Å²) >= 11 is 5.99. The van der Waals surface area contributed by atoms with Crippen molar-refractivity contribution in [2.75, 3.05) is 6.61 Å². The maximum absolute atomic E-state index is 13.1. The van der Waals surface area contributed by atoms with Gasteiger partial charge in [-0.15, -0.1) is 0 Å². The summed E-state index contributed by atoms with van der Waals surface area (Å²) in [5, 5.41) is 12.9. The summed E-state index contributed by atoms with van der Waals surface area (Å²) in [4.78, 5) is 0. The maximum atomic E-state index is 13.1. The van der Waals surface area contributed by atoms with Crippen LogP contribution in [0.25, 0.3) is 0 Å². The first-order valence-electron chi connectivity index (χ1n) is 5.80. The number of nitrogens with one attached hydrogen (secondary N) is 1. The third-order valence-corrected chi connectivity index (χ3v) is 3.53. The Kier molecular flexibility index (Phi) is 5.37. The summed E-state index contributed by atoms with van der Waals surface area (Å²) in [7, 11) is 0. The van der Waals surface area contributed by atoms with Crippen LogP contribution in [0, 0.1) is 5.82 Å². The summed E-state index contributed by atoms with van der Waals surface area (Å²) in [6.45, 7) is 4.72. The standard InChI is InChI=1S/C13H19ClFNO/c1-3-13(2,6-7-17)16-9-10-8-11(15)4-5-12(10)14/h4-5,8,16-17H,3,6-7,9H2,1-2H3. The molecule has 2 N–H and O–H groups in total. The van der Waals surface area contributed by atoms with Crippen molar-refractivity contribution in [1.82, 2.24) is 5.32 Å². The Morgan fingerprint density at radius 1 is 1.47 bits per heavy atom. The molecule has 0 radical (unpaired) electrons. The second-order valence-corrected chi connectivity index (χ2v) is 4.88. The molecule has 96 valence electrons. The van der Waals surface area contributed by atoms with Crippen LogP contribution in [-0.4, -0.2) is 17.3 Å². The number of rotatable bonds is 6. The minimum absolute atomic E-state index is 0.133. The van der Waals surface area contributed by atoms with Gasteiger partial charge in [-0.25, -0.2) is 4.39 Å². The molecule has 0 aliphatic carbocycles. The summed E-state index contributed by atoms with van der Waals surface area (Å²) < 4.78 is 13.1. The zero-order chi connectivity index (χ0) is 12.9. The van der Waals surface area contributed by atoms with Crippen molar-refractivity contribution in [3.05, 3.63) is 34.6 Å². The highest BCUT2D eigenvalue weighted by Gasteiger charge is 2.20. The van der Waals surface area contributed by atoms with Crippen LogP contribution in [0.5, 0.6) is 0 Å². The number of aliphatic hydroxyl groups is 1. The average molecular weight is 260 g/mol. The molecule has 0 amide bonds. The van der Waals surface area contributed by atoms with Crippen LogP contribution >= 0.6 is 11.6 Å². The molecule has 2 nitrogen and oxygen atoms in total. The third-order valence-electron chi connectivity index (χ3n) is 3.16. The minimum Gasteiger partial charge on any atom is -0.396 e. The van der Waals surface area contributed by atoms with Gasteiger partial charge < -0.3 is 10.4 Å². The number of halogens is 2. The van der Waals surface area contributed by atoms with E-state index in [-0.39, 0.29) is 18.0 Å². The van der Waals surface area contributed by atoms with E-state index in [4.69, 9.17) is 16.7 Å². The average Bonchev–Trinajstić information content (AvgIpc) is 2.31. The largest absolute Gasteiger partial charge is 0.396 e. The molecule has 0 fully saturated rings. The van der Waals surface area contributed by atoms with Crippen LogP contribution in [0.3, 0.4) is 0 Å². The Labute approximate surface area is 107 Å². The van der Waals surface area contributed by atoms with Gasteiger partial charge in [0, 0.05) is 23.7 Å². The van der Waals surface area contributed by atoms with Gasteiger partial charge in [0.2, 0.25) is 0 Å². The molecule has 4 heteroatoms. The van der Waals surface area contributed by atoms with Gasteiger partial charge >= 0.3 is 0 Å². The molecule has 0 aliphatic heterocycles. The van der Waals surface area contributed by atoms with Gasteiger partial charge in [-0.2, -0.15) is 0 Å². The van der Waals surface area contributed by atoms with Crippen molar-refractivity contribution in [2.45, 2.75) is 38.8 Å². The van der Waals surface area contributed by atoms with Gasteiger partial charge in [0.1, 0.15) is 5.82 Å². The van der Waals surface area contributed by atoms with Crippen molar-refractivity contribution in [1.29, 1.82) is 0 Å². The molecule has 0 heterocycles. The molecule has 17 heavy (non-hydrogen) atoms. The van der Waals surface area contributed by atoms with E-state index in [1.54, 1.807) is 6.07 Å². The van der Waals surface area contributed by atoms with Gasteiger partial charge in [-0.3, -0.25) is 0 Å². The summed E-state index contributed by atoms with van der Waals surface area (Å²) in [5.74, 6) is -0.286. The fourth-order valence-electron chi connectivity index (χ4n) is 1.62. The van der Waals surface area contributed by atoms with Crippen molar-refractivity contribution in [3.8, 4) is 0 Å². The van der Waals surface area contributed by atoms with E-state index in [2.05, 4.69) is 12.2 Å². The fraction of sp³-hybridized carbons (Fsp3) is 0.538. The van der Waals surface area contributed by atoms with Crippen LogP contribution in [0.1, 0.15) is 32.3 Å². The molecular weight excluding hydrogens is 241 g/mol. The molecule has 0 saturated carbocycles. The van der Waals surface area contributed by atoms with E-state index in [1.807, 2.05) is 6.92 Å². The Balaban J connectivity index is 2.68. The normalized spacial score (nSPS) is 14.6. The molecule has 1 aromatic rings. The Morgan fingerprint density at radius 3 is 2.76 bits per heavy atom. The lowest BCUT2D eigenvalue weighted by molar-refractivity contribution is 0.214. The van der Waals surface area contributed by atoms with E-state index < -0.39 is 0 Å². The summed E-state index contributed by atoms with van der Waals surface area (Å²) in [5.41, 5.74) is 0.592. The molecule has 0 aliphatic rings. The second kappa shape index (κ2) is 6.34. The molecule has 1 unspecified atom stereocenters. The van der Waals surface area contributed by atoms with E-state index in [1.165, 1.54) is 12.1 Å². The lowest BCUT2D eigenvalue weighted by Crippen LogP contribution is -2.42. The Bertz CT molecular complexity index is 372. The topological polar surface area (TPSA) is 32.3 Å². The monoisotopic (exact) mass is 259 g/mol. The smallest absolute Gasteiger partial charge is 0.123 e. The summed E-state index contributed by atoms with van der Waals surface area (Å²) in [6.07, 6.45) is 1.55. The van der Waals surface area contributed by atoms with Crippen LogP contribution in [0.15, 0.2) is 18.2 Å². The first-order valence-corrected chi connectivity index (χ1v) is 6.18. The van der Waals surface area contributed by atoms with Gasteiger partial charge in [0.15, 0.2) is 0 Å². The number of aliphatic hydroxyl groups excluding tert-OH is 1. The van der Waals surface area contributed by atoms with Crippen LogP contribution < -0.4 is 5.32 Å². The van der Waals surface area contributed by atoms with E-state index >= 15 is 0 Å². The quantitative estimate of drug-likeness (QED) is 0.823. The first-order chi connectivity index (χ1) is 8.00. The van der Waals surface area contributed by atoms with Gasteiger partial charge in [0.25, 0.3) is 0 Å². The van der Waals surface area contributed by atoms with Crippen LogP contribution in [0.4, 0.5) is 4.39 Å². The zero-order valence-electron chi connectivity index (χ0n) is 10.3. The van der Waals surface area contributed by atoms with Crippen molar-refractivity contribution in [3.63, 3.8) is 0 Å². The molecular formula is C13H19ClFNO. The van der Waals surface area contributed by atoms with E-state index in [9.17, 15) is 4.39 Å². The molecule has 0 spiro atoms. The van der Waals surface area contributed by atoms with Gasteiger partial charge in [-0.05, 0) is 43.5 Å². The highest BCUT2D eigenvalue weighted by molar-refractivity contribution is 6.31. The molecule has 0 saturated heterocycles. The van der Waals surface area contributed by atoms with Crippen molar-refractivity contribution in [2.24, 2.45) is 0 Å². The van der Waals surface area contributed by atoms with Crippen molar-refractivity contribution < 1.29 is 9.50 Å². The summed E-state index contributed by atoms with van der Waals surface area (Å²) in [6, 6.07) is 4.34. The van der Waals surface area contributed by atoms with E-state index in [0.29, 0.717) is 18.0 Å². The molecule has 1 rings (SSSR count). The maximum Gasteiger partial charge on any atom is 0.123 e. The third kappa shape index (κ3) is 4.26. The zero-order valence-corrected chi connectivity index (χ0v) is 11.0. The lowest BCUT2D eigenvalue weighted by Gasteiger charge is -2.29. The van der Waals surface area contributed by atoms with Crippen LogP contribution in [0.2, 0.25) is 5.02 Å². The van der Waals surface area contributed by atoms with Crippen LogP contribution in [-0.2, 0) is 6.54 Å². The number of hydrogen-bond donors (Lipinski definition) is 2. The predicted octanol–water partition coefficient (Wildman–Crippen LogP) is 3.12. The predicted molar refractivity (Wildman–Crippen MR) is 68.6 cm³/mol. The lowest BCUT2D eigenvalue weighted by atomic mass is 9.94. The molecule has 0 aromatic heterocycles. The molecule has 1 aromatic carbocycles. The fourth-order valence-corrected chi connectivity index (χ4v) is 1.81. The minimum atomic E-state index is -0.286. The Morgan fingerprint density at radius 2 is 2.18 bits per heavy atom. The van der Waals surface area contributed by atoms with Gasteiger partial charge in [0.05, 0.1) is 0 Å². The SMILES string of the molecule is CCC(C)(CCO)NCc1cc(F)ccc1Cl. The van der Waals surface area contributed by atoms with E-state index in [0.717, 1.165) is 12.0 Å². The van der Waals surface area contributed by atoms with Crippen molar-refractivity contribution >= 4 is 11.6 Å². The number of hydrogen-bond acceptors (Lipinski definition) is 2. The first kappa shape index (κ1) is 14.4. The highest BCUT2D eigenvalue weighted by Crippen LogP contribution is 2.20. The number of benzene rings is 1. The van der Waals surface area contributed by atoms with Gasteiger partial charge in [-0.1, -0.05) is 18.5 Å². The second-order valence-electron chi connectivity index (χ2n) is 4.48. The molecule has 1 atom stereocenters. The molecule has 0 bridgehead atoms. The Hall–Kier alpha value is -0.640. The highest BCUT2D eigenvalue weighted by atomic mass is 35.5.